The standard InChI is InChI=1S/C14H18O3/c1-10-6-5-7-11(8-10)9-12(15)14(2,3)13(16)17-4/h5-8H,9H2,1-4H3. The summed E-state index contributed by atoms with van der Waals surface area (Å²) < 4.78 is 4.64. The number of carbonyl (C=O) groups is 2. The fraction of sp³-hybridized carbons (Fsp3) is 0.429. The maximum Gasteiger partial charge on any atom is 0.318 e. The van der Waals surface area contributed by atoms with Crippen LogP contribution in [0.2, 0.25) is 0 Å². The van der Waals surface area contributed by atoms with Crippen LogP contribution in [0.3, 0.4) is 0 Å². The van der Waals surface area contributed by atoms with E-state index in [9.17, 15) is 9.59 Å². The Morgan fingerprint density at radius 3 is 2.47 bits per heavy atom. The minimum Gasteiger partial charge on any atom is -0.468 e. The molecule has 0 heterocycles. The summed E-state index contributed by atoms with van der Waals surface area (Å²) >= 11 is 0. The highest BCUT2D eigenvalue weighted by molar-refractivity contribution is 6.03. The van der Waals surface area contributed by atoms with Crippen LogP contribution in [0.4, 0.5) is 0 Å². The van der Waals surface area contributed by atoms with Gasteiger partial charge in [0.15, 0.2) is 5.78 Å². The van der Waals surface area contributed by atoms with Gasteiger partial charge < -0.3 is 4.74 Å². The predicted molar refractivity (Wildman–Crippen MR) is 65.7 cm³/mol. The molecule has 3 heteroatoms. The zero-order valence-corrected chi connectivity index (χ0v) is 10.7. The lowest BCUT2D eigenvalue weighted by atomic mass is 9.85. The summed E-state index contributed by atoms with van der Waals surface area (Å²) in [6, 6.07) is 7.71. The van der Waals surface area contributed by atoms with Gasteiger partial charge in [-0.25, -0.2) is 0 Å². The number of aryl methyl sites for hydroxylation is 1. The van der Waals surface area contributed by atoms with Crippen molar-refractivity contribution in [3.63, 3.8) is 0 Å². The van der Waals surface area contributed by atoms with Crippen LogP contribution in [-0.4, -0.2) is 18.9 Å². The lowest BCUT2D eigenvalue weighted by Crippen LogP contribution is -2.35. The Balaban J connectivity index is 2.82. The number of methoxy groups -OCH3 is 1. The van der Waals surface area contributed by atoms with E-state index in [4.69, 9.17) is 0 Å². The van der Waals surface area contributed by atoms with Crippen LogP contribution in [0.25, 0.3) is 0 Å². The minimum absolute atomic E-state index is 0.130. The fourth-order valence-corrected chi connectivity index (χ4v) is 1.60. The summed E-state index contributed by atoms with van der Waals surface area (Å²) in [4.78, 5) is 23.5. The lowest BCUT2D eigenvalue weighted by Gasteiger charge is -2.19. The molecule has 0 radical (unpaired) electrons. The Morgan fingerprint density at radius 1 is 1.29 bits per heavy atom. The number of hydrogen-bond donors (Lipinski definition) is 0. The molecule has 0 amide bonds. The molecular weight excluding hydrogens is 216 g/mol. The maximum atomic E-state index is 12.0. The van der Waals surface area contributed by atoms with E-state index in [1.54, 1.807) is 13.8 Å². The molecular formula is C14H18O3. The number of Topliss-reactive ketones (excluding diaryl/α,β-unsaturated/α-hetero) is 1. The maximum absolute atomic E-state index is 12.0. The molecule has 1 aromatic carbocycles. The molecule has 17 heavy (non-hydrogen) atoms. The van der Waals surface area contributed by atoms with Gasteiger partial charge in [0.1, 0.15) is 5.41 Å². The van der Waals surface area contributed by atoms with Gasteiger partial charge >= 0.3 is 5.97 Å². The van der Waals surface area contributed by atoms with Gasteiger partial charge in [0, 0.05) is 6.42 Å². The van der Waals surface area contributed by atoms with Gasteiger partial charge in [-0.3, -0.25) is 9.59 Å². The van der Waals surface area contributed by atoms with E-state index in [0.717, 1.165) is 11.1 Å². The van der Waals surface area contributed by atoms with Crippen LogP contribution in [0.1, 0.15) is 25.0 Å². The highest BCUT2D eigenvalue weighted by Crippen LogP contribution is 2.21. The Morgan fingerprint density at radius 2 is 1.94 bits per heavy atom. The summed E-state index contributed by atoms with van der Waals surface area (Å²) in [5, 5.41) is 0. The van der Waals surface area contributed by atoms with E-state index in [2.05, 4.69) is 4.74 Å². The number of rotatable bonds is 4. The molecule has 0 bridgehead atoms. The van der Waals surface area contributed by atoms with Gasteiger partial charge in [0.05, 0.1) is 7.11 Å². The van der Waals surface area contributed by atoms with Crippen LogP contribution in [0.15, 0.2) is 24.3 Å². The second-order valence-corrected chi connectivity index (χ2v) is 4.71. The van der Waals surface area contributed by atoms with Crippen molar-refractivity contribution >= 4 is 11.8 Å². The van der Waals surface area contributed by atoms with Gasteiger partial charge in [-0.2, -0.15) is 0 Å². The smallest absolute Gasteiger partial charge is 0.318 e. The molecule has 1 rings (SSSR count). The molecule has 3 nitrogen and oxygen atoms in total. The summed E-state index contributed by atoms with van der Waals surface area (Å²) in [5.41, 5.74) is 0.941. The van der Waals surface area contributed by atoms with Crippen molar-refractivity contribution in [3.05, 3.63) is 35.4 Å². The second-order valence-electron chi connectivity index (χ2n) is 4.71. The quantitative estimate of drug-likeness (QED) is 0.593. The molecule has 0 spiro atoms. The van der Waals surface area contributed by atoms with Crippen LogP contribution in [0.5, 0.6) is 0 Å². The Kier molecular flexibility index (Phi) is 4.05. The van der Waals surface area contributed by atoms with Gasteiger partial charge in [0.2, 0.25) is 0 Å². The summed E-state index contributed by atoms with van der Waals surface area (Å²) in [5.74, 6) is -0.620. The van der Waals surface area contributed by atoms with Crippen molar-refractivity contribution in [2.45, 2.75) is 27.2 Å². The molecule has 0 saturated carbocycles. The molecule has 0 aromatic heterocycles. The fourth-order valence-electron chi connectivity index (χ4n) is 1.60. The van der Waals surface area contributed by atoms with Crippen LogP contribution in [-0.2, 0) is 20.7 Å². The SMILES string of the molecule is COC(=O)C(C)(C)C(=O)Cc1cccc(C)c1. The summed E-state index contributed by atoms with van der Waals surface area (Å²) in [7, 11) is 1.30. The number of carbonyl (C=O) groups excluding carboxylic acids is 2. The zero-order chi connectivity index (χ0) is 13.1. The van der Waals surface area contributed by atoms with E-state index >= 15 is 0 Å². The second kappa shape index (κ2) is 5.13. The average molecular weight is 234 g/mol. The van der Waals surface area contributed by atoms with Crippen LogP contribution >= 0.6 is 0 Å². The normalized spacial score (nSPS) is 11.1. The Bertz CT molecular complexity index is 433. The van der Waals surface area contributed by atoms with Crippen molar-refractivity contribution in [2.24, 2.45) is 5.41 Å². The number of ketones is 1. The molecule has 92 valence electrons. The Hall–Kier alpha value is -1.64. The molecule has 0 fully saturated rings. The van der Waals surface area contributed by atoms with E-state index in [1.165, 1.54) is 7.11 Å². The molecule has 1 aromatic rings. The monoisotopic (exact) mass is 234 g/mol. The number of hydrogen-bond acceptors (Lipinski definition) is 3. The predicted octanol–water partition coefficient (Wildman–Crippen LogP) is 2.31. The van der Waals surface area contributed by atoms with E-state index in [0.29, 0.717) is 0 Å². The highest BCUT2D eigenvalue weighted by Gasteiger charge is 2.36. The molecule has 0 N–H and O–H groups in total. The minimum atomic E-state index is -1.08. The third-order valence-corrected chi connectivity index (χ3v) is 2.84. The molecule has 0 aliphatic heterocycles. The lowest BCUT2D eigenvalue weighted by molar-refractivity contribution is -0.155. The van der Waals surface area contributed by atoms with Crippen molar-refractivity contribution in [1.29, 1.82) is 0 Å². The molecule has 0 unspecified atom stereocenters. The summed E-state index contributed by atoms with van der Waals surface area (Å²) in [6.07, 6.45) is 0.254. The van der Waals surface area contributed by atoms with E-state index in [-0.39, 0.29) is 12.2 Å². The first kappa shape index (κ1) is 13.4. The van der Waals surface area contributed by atoms with E-state index in [1.807, 2.05) is 31.2 Å². The van der Waals surface area contributed by atoms with Crippen molar-refractivity contribution in [1.82, 2.24) is 0 Å². The van der Waals surface area contributed by atoms with Crippen LogP contribution < -0.4 is 0 Å². The van der Waals surface area contributed by atoms with Gasteiger partial charge in [-0.1, -0.05) is 29.8 Å². The average Bonchev–Trinajstić information content (AvgIpc) is 2.27. The first-order chi connectivity index (χ1) is 7.87. The van der Waals surface area contributed by atoms with Gasteiger partial charge in [-0.05, 0) is 26.3 Å². The van der Waals surface area contributed by atoms with Crippen molar-refractivity contribution < 1.29 is 14.3 Å². The topological polar surface area (TPSA) is 43.4 Å². The largest absolute Gasteiger partial charge is 0.468 e. The van der Waals surface area contributed by atoms with Crippen molar-refractivity contribution in [3.8, 4) is 0 Å². The Labute approximate surface area is 102 Å². The first-order valence-corrected chi connectivity index (χ1v) is 5.55. The molecule has 0 saturated heterocycles. The first-order valence-electron chi connectivity index (χ1n) is 5.55. The number of esters is 1. The highest BCUT2D eigenvalue weighted by atomic mass is 16.5. The third-order valence-electron chi connectivity index (χ3n) is 2.84. The van der Waals surface area contributed by atoms with E-state index < -0.39 is 11.4 Å². The number of benzene rings is 1. The van der Waals surface area contributed by atoms with Crippen LogP contribution in [0, 0.1) is 12.3 Å². The van der Waals surface area contributed by atoms with Crippen molar-refractivity contribution in [2.75, 3.05) is 7.11 Å². The number of ether oxygens (including phenoxy) is 1. The molecule has 0 atom stereocenters. The molecule has 0 aliphatic carbocycles. The van der Waals surface area contributed by atoms with Gasteiger partial charge in [-0.15, -0.1) is 0 Å². The molecule has 0 aliphatic rings. The van der Waals surface area contributed by atoms with Gasteiger partial charge in [0.25, 0.3) is 0 Å². The third kappa shape index (κ3) is 3.16. The zero-order valence-electron chi connectivity index (χ0n) is 10.7. The summed E-state index contributed by atoms with van der Waals surface area (Å²) in [6.45, 7) is 5.16.